The van der Waals surface area contributed by atoms with Crippen LogP contribution in [0.15, 0.2) is 12.1 Å². The molecule has 0 unspecified atom stereocenters. The molecule has 1 N–H and O–H groups in total. The molecule has 1 amide bonds. The number of hydrogen-bond donors (Lipinski definition) is 1. The minimum Gasteiger partial charge on any atom is -0.355 e. The van der Waals surface area contributed by atoms with Gasteiger partial charge >= 0.3 is 0 Å². The van der Waals surface area contributed by atoms with Gasteiger partial charge in [-0.15, -0.1) is 10.2 Å². The van der Waals surface area contributed by atoms with E-state index in [2.05, 4.69) is 34.3 Å². The largest absolute Gasteiger partial charge is 0.355 e. The Bertz CT molecular complexity index is 438. The molecule has 0 radical (unpaired) electrons. The zero-order valence-electron chi connectivity index (χ0n) is 13.1. The molecule has 0 atom stereocenters. The van der Waals surface area contributed by atoms with E-state index in [0.717, 1.165) is 44.1 Å². The summed E-state index contributed by atoms with van der Waals surface area (Å²) in [7, 11) is 0. The molecule has 0 saturated carbocycles. The second kappa shape index (κ2) is 7.96. The summed E-state index contributed by atoms with van der Waals surface area (Å²) in [5, 5.41) is 11.2. The molecule has 0 aromatic carbocycles. The van der Waals surface area contributed by atoms with Gasteiger partial charge in [0.15, 0.2) is 11.5 Å². The molecule has 0 bridgehead atoms. The van der Waals surface area contributed by atoms with Crippen LogP contribution in [0.25, 0.3) is 0 Å². The number of unbranched alkanes of at least 4 members (excludes halogenated alkanes) is 2. The van der Waals surface area contributed by atoms with Crippen molar-refractivity contribution in [3.8, 4) is 0 Å². The number of hydrogen-bond acceptors (Lipinski definition) is 4. The van der Waals surface area contributed by atoms with Gasteiger partial charge in [0.1, 0.15) is 0 Å². The molecule has 5 heteroatoms. The summed E-state index contributed by atoms with van der Waals surface area (Å²) < 4.78 is 0. The third kappa shape index (κ3) is 4.69. The Labute approximate surface area is 127 Å². The third-order valence-corrected chi connectivity index (χ3v) is 4.06. The average molecular weight is 290 g/mol. The molecule has 2 rings (SSSR count). The van der Waals surface area contributed by atoms with Crippen molar-refractivity contribution < 1.29 is 4.79 Å². The molecular formula is C16H26N4O. The van der Waals surface area contributed by atoms with Crippen molar-refractivity contribution in [3.05, 3.63) is 17.8 Å². The number of anilines is 1. The molecule has 1 fully saturated rings. The number of aromatic nitrogens is 2. The number of nitrogens with zero attached hydrogens (tertiary/aromatic N) is 3. The zero-order valence-corrected chi connectivity index (χ0v) is 13.1. The topological polar surface area (TPSA) is 58.1 Å². The maximum atomic E-state index is 11.9. The first-order valence-corrected chi connectivity index (χ1v) is 8.07. The second-order valence-corrected chi connectivity index (χ2v) is 5.91. The van der Waals surface area contributed by atoms with Crippen LogP contribution in [-0.4, -0.2) is 35.7 Å². The highest BCUT2D eigenvalue weighted by Gasteiger charge is 2.17. The average Bonchev–Trinajstić information content (AvgIpc) is 2.52. The summed E-state index contributed by atoms with van der Waals surface area (Å²) in [6.45, 7) is 7.19. The van der Waals surface area contributed by atoms with Crippen molar-refractivity contribution in [2.45, 2.75) is 46.0 Å². The molecule has 0 spiro atoms. The Kier molecular flexibility index (Phi) is 5.96. The predicted molar refractivity (Wildman–Crippen MR) is 84.5 cm³/mol. The summed E-state index contributed by atoms with van der Waals surface area (Å²) in [5.74, 6) is 1.55. The number of nitrogens with one attached hydrogen (secondary N) is 1. The smallest absolute Gasteiger partial charge is 0.271 e. The fraction of sp³-hybridized carbons (Fsp3) is 0.688. The van der Waals surface area contributed by atoms with Crippen LogP contribution in [0.3, 0.4) is 0 Å². The lowest BCUT2D eigenvalue weighted by Gasteiger charge is -2.30. The van der Waals surface area contributed by atoms with Crippen LogP contribution in [0.5, 0.6) is 0 Å². The van der Waals surface area contributed by atoms with Gasteiger partial charge in [-0.05, 0) is 37.3 Å². The van der Waals surface area contributed by atoms with E-state index < -0.39 is 0 Å². The van der Waals surface area contributed by atoms with E-state index in [1.54, 1.807) is 6.07 Å². The predicted octanol–water partition coefficient (Wildman–Crippen LogP) is 2.63. The summed E-state index contributed by atoms with van der Waals surface area (Å²) in [6, 6.07) is 3.68. The van der Waals surface area contributed by atoms with Crippen LogP contribution in [0.1, 0.15) is 56.4 Å². The number of carbonyl (C=O) groups is 1. The van der Waals surface area contributed by atoms with Gasteiger partial charge in [-0.25, -0.2) is 0 Å². The van der Waals surface area contributed by atoms with Gasteiger partial charge in [0.2, 0.25) is 0 Å². The van der Waals surface area contributed by atoms with Crippen molar-refractivity contribution in [1.82, 2.24) is 15.5 Å². The van der Waals surface area contributed by atoms with E-state index in [1.807, 2.05) is 6.07 Å². The Morgan fingerprint density at radius 3 is 2.67 bits per heavy atom. The zero-order chi connectivity index (χ0) is 15.1. The minimum absolute atomic E-state index is 0.127. The standard InChI is InChI=1S/C16H26N4O/c1-3-4-5-10-17-16(21)14-6-7-15(19-18-14)20-11-8-13(2)9-12-20/h6-7,13H,3-5,8-12H2,1-2H3,(H,17,21). The van der Waals surface area contributed by atoms with Gasteiger partial charge < -0.3 is 10.2 Å². The van der Waals surface area contributed by atoms with Crippen LogP contribution in [0, 0.1) is 5.92 Å². The summed E-state index contributed by atoms with van der Waals surface area (Å²) in [4.78, 5) is 14.2. The monoisotopic (exact) mass is 290 g/mol. The van der Waals surface area contributed by atoms with E-state index in [9.17, 15) is 4.79 Å². The molecule has 0 aliphatic carbocycles. The van der Waals surface area contributed by atoms with E-state index in [4.69, 9.17) is 0 Å². The Morgan fingerprint density at radius 1 is 1.29 bits per heavy atom. The number of carbonyl (C=O) groups excluding carboxylic acids is 1. The summed E-state index contributed by atoms with van der Waals surface area (Å²) in [5.41, 5.74) is 0.403. The fourth-order valence-corrected chi connectivity index (χ4v) is 2.52. The fourth-order valence-electron chi connectivity index (χ4n) is 2.52. The van der Waals surface area contributed by atoms with Gasteiger partial charge in [-0.2, -0.15) is 0 Å². The first-order valence-electron chi connectivity index (χ1n) is 8.07. The summed E-state index contributed by atoms with van der Waals surface area (Å²) >= 11 is 0. The third-order valence-electron chi connectivity index (χ3n) is 4.06. The van der Waals surface area contributed by atoms with Crippen molar-refractivity contribution in [2.75, 3.05) is 24.5 Å². The molecule has 1 saturated heterocycles. The van der Waals surface area contributed by atoms with Crippen molar-refractivity contribution in [1.29, 1.82) is 0 Å². The van der Waals surface area contributed by atoms with Gasteiger partial charge in [0.25, 0.3) is 5.91 Å². The van der Waals surface area contributed by atoms with Crippen molar-refractivity contribution in [3.63, 3.8) is 0 Å². The molecule has 2 heterocycles. The Morgan fingerprint density at radius 2 is 2.05 bits per heavy atom. The van der Waals surface area contributed by atoms with Gasteiger partial charge in [0.05, 0.1) is 0 Å². The Hall–Kier alpha value is -1.65. The maximum absolute atomic E-state index is 11.9. The molecule has 1 aromatic heterocycles. The van der Waals surface area contributed by atoms with Crippen LogP contribution in [0.2, 0.25) is 0 Å². The van der Waals surface area contributed by atoms with Crippen LogP contribution < -0.4 is 10.2 Å². The molecule has 1 aliphatic rings. The number of rotatable bonds is 6. The lowest BCUT2D eigenvalue weighted by Crippen LogP contribution is -2.33. The highest BCUT2D eigenvalue weighted by Crippen LogP contribution is 2.20. The molecule has 1 aliphatic heterocycles. The van der Waals surface area contributed by atoms with Gasteiger partial charge in [0, 0.05) is 19.6 Å². The maximum Gasteiger partial charge on any atom is 0.271 e. The highest BCUT2D eigenvalue weighted by molar-refractivity contribution is 5.92. The van der Waals surface area contributed by atoms with E-state index in [1.165, 1.54) is 12.8 Å². The lowest BCUT2D eigenvalue weighted by molar-refractivity contribution is 0.0947. The Balaban J connectivity index is 1.85. The highest BCUT2D eigenvalue weighted by atomic mass is 16.1. The molecule has 1 aromatic rings. The van der Waals surface area contributed by atoms with E-state index >= 15 is 0 Å². The number of amides is 1. The lowest BCUT2D eigenvalue weighted by atomic mass is 9.99. The molecular weight excluding hydrogens is 264 g/mol. The van der Waals surface area contributed by atoms with Crippen LogP contribution in [0.4, 0.5) is 5.82 Å². The van der Waals surface area contributed by atoms with Crippen molar-refractivity contribution in [2.24, 2.45) is 5.92 Å². The van der Waals surface area contributed by atoms with E-state index in [0.29, 0.717) is 12.2 Å². The summed E-state index contributed by atoms with van der Waals surface area (Å²) in [6.07, 6.45) is 5.69. The molecule has 116 valence electrons. The van der Waals surface area contributed by atoms with Crippen LogP contribution in [-0.2, 0) is 0 Å². The molecule has 5 nitrogen and oxygen atoms in total. The first-order chi connectivity index (χ1) is 10.2. The van der Waals surface area contributed by atoms with E-state index in [-0.39, 0.29) is 5.91 Å². The first kappa shape index (κ1) is 15.7. The van der Waals surface area contributed by atoms with Crippen LogP contribution >= 0.6 is 0 Å². The SMILES string of the molecule is CCCCCNC(=O)c1ccc(N2CCC(C)CC2)nn1. The van der Waals surface area contributed by atoms with Crippen molar-refractivity contribution >= 4 is 11.7 Å². The molecule has 21 heavy (non-hydrogen) atoms. The quantitative estimate of drug-likeness (QED) is 0.818. The minimum atomic E-state index is -0.127. The second-order valence-electron chi connectivity index (χ2n) is 5.91. The normalized spacial score (nSPS) is 16.0. The number of piperidine rings is 1. The van der Waals surface area contributed by atoms with Gasteiger partial charge in [-0.1, -0.05) is 26.7 Å². The van der Waals surface area contributed by atoms with Gasteiger partial charge in [-0.3, -0.25) is 4.79 Å².